The summed E-state index contributed by atoms with van der Waals surface area (Å²) in [6.07, 6.45) is 1.54. The Hall–Kier alpha value is -4.13. The SMILES string of the molecule is COc1ccc([C@@H]2C(=C(O)c3ccccc3)C(=O)C(=O)N2c2ccccn2)c(OC)c1. The van der Waals surface area contributed by atoms with Crippen LogP contribution in [0, 0.1) is 0 Å². The molecule has 1 aliphatic rings. The summed E-state index contributed by atoms with van der Waals surface area (Å²) in [6, 6.07) is 17.9. The van der Waals surface area contributed by atoms with Crippen LogP contribution in [-0.2, 0) is 9.59 Å². The first-order valence-corrected chi connectivity index (χ1v) is 9.56. The van der Waals surface area contributed by atoms with Gasteiger partial charge in [0, 0.05) is 23.4 Å². The number of hydrogen-bond acceptors (Lipinski definition) is 6. The van der Waals surface area contributed by atoms with Crippen LogP contribution in [0.4, 0.5) is 5.82 Å². The number of carbonyl (C=O) groups is 2. The van der Waals surface area contributed by atoms with Gasteiger partial charge in [-0.15, -0.1) is 0 Å². The molecule has 0 unspecified atom stereocenters. The smallest absolute Gasteiger partial charge is 0.301 e. The summed E-state index contributed by atoms with van der Waals surface area (Å²) < 4.78 is 10.8. The van der Waals surface area contributed by atoms with Gasteiger partial charge in [0.2, 0.25) is 0 Å². The number of rotatable bonds is 5. The maximum absolute atomic E-state index is 13.1. The first-order valence-electron chi connectivity index (χ1n) is 9.56. The van der Waals surface area contributed by atoms with Crippen molar-refractivity contribution in [3.8, 4) is 11.5 Å². The zero-order valence-electron chi connectivity index (χ0n) is 17.0. The molecule has 3 aromatic rings. The van der Waals surface area contributed by atoms with Gasteiger partial charge in [0.25, 0.3) is 5.78 Å². The topological polar surface area (TPSA) is 89.0 Å². The number of aliphatic hydroxyl groups excluding tert-OH is 1. The molecule has 1 amide bonds. The molecule has 2 heterocycles. The Kier molecular flexibility index (Phi) is 5.41. The largest absolute Gasteiger partial charge is 0.507 e. The maximum Gasteiger partial charge on any atom is 0.301 e. The van der Waals surface area contributed by atoms with E-state index in [2.05, 4.69) is 4.98 Å². The Balaban J connectivity index is 1.99. The molecule has 1 N–H and O–H groups in total. The average molecular weight is 416 g/mol. The first kappa shape index (κ1) is 20.2. The zero-order chi connectivity index (χ0) is 22.0. The fraction of sp³-hybridized carbons (Fsp3) is 0.125. The molecule has 0 spiro atoms. The summed E-state index contributed by atoms with van der Waals surface area (Å²) in [5.74, 6) is -0.585. The van der Waals surface area contributed by atoms with Gasteiger partial charge in [-0.3, -0.25) is 14.5 Å². The number of methoxy groups -OCH3 is 2. The van der Waals surface area contributed by atoms with Gasteiger partial charge >= 0.3 is 5.91 Å². The fourth-order valence-corrected chi connectivity index (χ4v) is 3.66. The van der Waals surface area contributed by atoms with Crippen molar-refractivity contribution >= 4 is 23.3 Å². The van der Waals surface area contributed by atoms with E-state index in [0.29, 0.717) is 28.4 Å². The standard InChI is InChI=1S/C24H20N2O5/c1-30-16-11-12-17(18(14-16)31-2)21-20(22(27)15-8-4-3-5-9-15)23(28)24(29)26(21)19-10-6-7-13-25-19/h3-14,21,27H,1-2H3/t21-/m1/s1. The highest BCUT2D eigenvalue weighted by atomic mass is 16.5. The number of anilines is 1. The molecule has 1 saturated heterocycles. The van der Waals surface area contributed by atoms with Crippen molar-refractivity contribution in [2.45, 2.75) is 6.04 Å². The number of hydrogen-bond donors (Lipinski definition) is 1. The predicted molar refractivity (Wildman–Crippen MR) is 115 cm³/mol. The number of amides is 1. The maximum atomic E-state index is 13.1. The predicted octanol–water partition coefficient (Wildman–Crippen LogP) is 3.73. The van der Waals surface area contributed by atoms with Crippen molar-refractivity contribution in [2.24, 2.45) is 0 Å². The molecule has 31 heavy (non-hydrogen) atoms. The van der Waals surface area contributed by atoms with Crippen LogP contribution in [0.5, 0.6) is 11.5 Å². The minimum Gasteiger partial charge on any atom is -0.507 e. The van der Waals surface area contributed by atoms with E-state index in [-0.39, 0.29) is 11.3 Å². The molecule has 1 atom stereocenters. The quantitative estimate of drug-likeness (QED) is 0.387. The van der Waals surface area contributed by atoms with Gasteiger partial charge in [0.05, 0.1) is 19.8 Å². The highest BCUT2D eigenvalue weighted by molar-refractivity contribution is 6.51. The van der Waals surface area contributed by atoms with Gasteiger partial charge in [0.1, 0.15) is 29.1 Å². The summed E-state index contributed by atoms with van der Waals surface area (Å²) in [5, 5.41) is 11.1. The van der Waals surface area contributed by atoms with E-state index in [1.54, 1.807) is 66.7 Å². The highest BCUT2D eigenvalue weighted by Gasteiger charge is 2.48. The molecule has 7 nitrogen and oxygen atoms in total. The molecule has 1 aliphatic heterocycles. The Labute approximate surface area is 179 Å². The Morgan fingerprint density at radius 3 is 2.35 bits per heavy atom. The van der Waals surface area contributed by atoms with Crippen LogP contribution >= 0.6 is 0 Å². The van der Waals surface area contributed by atoms with Gasteiger partial charge in [0.15, 0.2) is 0 Å². The second kappa shape index (κ2) is 8.31. The second-order valence-corrected chi connectivity index (χ2v) is 6.83. The lowest BCUT2D eigenvalue weighted by Crippen LogP contribution is -2.30. The van der Waals surface area contributed by atoms with Crippen LogP contribution in [0.1, 0.15) is 17.2 Å². The van der Waals surface area contributed by atoms with E-state index in [9.17, 15) is 14.7 Å². The molecule has 4 rings (SSSR count). The fourth-order valence-electron chi connectivity index (χ4n) is 3.66. The van der Waals surface area contributed by atoms with Crippen LogP contribution in [0.15, 0.2) is 78.5 Å². The van der Waals surface area contributed by atoms with Gasteiger partial charge in [-0.1, -0.05) is 36.4 Å². The lowest BCUT2D eigenvalue weighted by atomic mass is 9.94. The molecular weight excluding hydrogens is 396 g/mol. The number of aliphatic hydroxyl groups is 1. The van der Waals surface area contributed by atoms with E-state index < -0.39 is 17.7 Å². The second-order valence-electron chi connectivity index (χ2n) is 6.83. The van der Waals surface area contributed by atoms with Crippen LogP contribution in [0.2, 0.25) is 0 Å². The number of carbonyl (C=O) groups excluding carboxylic acids is 2. The normalized spacial score (nSPS) is 17.6. The van der Waals surface area contributed by atoms with Crippen LogP contribution in [0.25, 0.3) is 5.76 Å². The Bertz CT molecular complexity index is 1160. The van der Waals surface area contributed by atoms with E-state index in [0.717, 1.165) is 0 Å². The number of pyridine rings is 1. The number of nitrogens with zero attached hydrogens (tertiary/aromatic N) is 2. The average Bonchev–Trinajstić information content (AvgIpc) is 3.09. The number of ketones is 1. The summed E-state index contributed by atoms with van der Waals surface area (Å²) in [4.78, 5) is 31.7. The summed E-state index contributed by atoms with van der Waals surface area (Å²) in [7, 11) is 3.02. The number of Topliss-reactive ketones (excluding diaryl/α,β-unsaturated/α-hetero) is 1. The summed E-state index contributed by atoms with van der Waals surface area (Å²) >= 11 is 0. The highest BCUT2D eigenvalue weighted by Crippen LogP contribution is 2.45. The van der Waals surface area contributed by atoms with Crippen molar-refractivity contribution in [3.05, 3.63) is 89.6 Å². The van der Waals surface area contributed by atoms with E-state index >= 15 is 0 Å². The monoisotopic (exact) mass is 416 g/mol. The lowest BCUT2D eigenvalue weighted by Gasteiger charge is -2.26. The molecule has 0 radical (unpaired) electrons. The number of ether oxygens (including phenoxy) is 2. The van der Waals surface area contributed by atoms with Gasteiger partial charge in [-0.05, 0) is 24.3 Å². The van der Waals surface area contributed by atoms with Crippen molar-refractivity contribution in [2.75, 3.05) is 19.1 Å². The van der Waals surface area contributed by atoms with Gasteiger partial charge in [-0.2, -0.15) is 0 Å². The third-order valence-electron chi connectivity index (χ3n) is 5.12. The minimum absolute atomic E-state index is 0.0367. The zero-order valence-corrected chi connectivity index (χ0v) is 17.0. The Morgan fingerprint density at radius 1 is 0.968 bits per heavy atom. The van der Waals surface area contributed by atoms with E-state index in [1.165, 1.54) is 25.3 Å². The summed E-state index contributed by atoms with van der Waals surface area (Å²) in [5.41, 5.74) is 0.912. The Morgan fingerprint density at radius 2 is 1.71 bits per heavy atom. The van der Waals surface area contributed by atoms with Gasteiger partial charge < -0.3 is 14.6 Å². The third-order valence-corrected chi connectivity index (χ3v) is 5.12. The minimum atomic E-state index is -0.934. The van der Waals surface area contributed by atoms with Crippen molar-refractivity contribution in [3.63, 3.8) is 0 Å². The van der Waals surface area contributed by atoms with Gasteiger partial charge in [-0.25, -0.2) is 4.98 Å². The van der Waals surface area contributed by atoms with Crippen molar-refractivity contribution in [1.29, 1.82) is 0 Å². The third kappa shape index (κ3) is 3.50. The lowest BCUT2D eigenvalue weighted by molar-refractivity contribution is -0.132. The van der Waals surface area contributed by atoms with Crippen molar-refractivity contribution < 1.29 is 24.2 Å². The molecular formula is C24H20N2O5. The molecule has 0 saturated carbocycles. The van der Waals surface area contributed by atoms with E-state index in [4.69, 9.17) is 9.47 Å². The first-order chi connectivity index (χ1) is 15.1. The van der Waals surface area contributed by atoms with Crippen LogP contribution < -0.4 is 14.4 Å². The molecule has 0 aliphatic carbocycles. The van der Waals surface area contributed by atoms with Crippen LogP contribution in [0.3, 0.4) is 0 Å². The van der Waals surface area contributed by atoms with Crippen molar-refractivity contribution in [1.82, 2.24) is 4.98 Å². The number of benzene rings is 2. The summed E-state index contributed by atoms with van der Waals surface area (Å²) in [6.45, 7) is 0. The molecule has 1 fully saturated rings. The molecule has 7 heteroatoms. The van der Waals surface area contributed by atoms with Crippen LogP contribution in [-0.4, -0.2) is 36.0 Å². The van der Waals surface area contributed by atoms with E-state index in [1.807, 2.05) is 0 Å². The number of aromatic nitrogens is 1. The molecule has 156 valence electrons. The molecule has 2 aromatic carbocycles. The molecule has 0 bridgehead atoms. The molecule has 1 aromatic heterocycles.